The minimum absolute atomic E-state index is 0.384. The van der Waals surface area contributed by atoms with Gasteiger partial charge in [0.05, 0.1) is 14.2 Å². The number of hydrogen-bond donors (Lipinski definition) is 2. The molecule has 0 unspecified atom stereocenters. The fourth-order valence-electron chi connectivity index (χ4n) is 1.99. The van der Waals surface area contributed by atoms with Crippen LogP contribution in [0.2, 0.25) is 0 Å². The van der Waals surface area contributed by atoms with Crippen molar-refractivity contribution < 1.29 is 19.4 Å². The summed E-state index contributed by atoms with van der Waals surface area (Å²) >= 11 is 1.24. The smallest absolute Gasteiger partial charge is 0.346 e. The number of carboxylic acid groups (broad SMARTS) is 1. The summed E-state index contributed by atoms with van der Waals surface area (Å²) in [5.41, 5.74) is 1.84. The van der Waals surface area contributed by atoms with Crippen LogP contribution >= 0.6 is 11.3 Å². The van der Waals surface area contributed by atoms with Gasteiger partial charge in [-0.25, -0.2) is 4.79 Å². The molecule has 0 aliphatic heterocycles. The monoisotopic (exact) mass is 307 g/mol. The molecular formula is C15H17NO4S. The van der Waals surface area contributed by atoms with Crippen molar-refractivity contribution in [3.8, 4) is 11.5 Å². The molecule has 112 valence electrons. The van der Waals surface area contributed by atoms with Crippen LogP contribution in [0.4, 0.5) is 0 Å². The van der Waals surface area contributed by atoms with Gasteiger partial charge in [0.2, 0.25) is 0 Å². The molecule has 21 heavy (non-hydrogen) atoms. The third-order valence-electron chi connectivity index (χ3n) is 3.03. The third kappa shape index (κ3) is 3.74. The lowest BCUT2D eigenvalue weighted by molar-refractivity contribution is 0.0701. The van der Waals surface area contributed by atoms with E-state index < -0.39 is 5.97 Å². The second-order valence-corrected chi connectivity index (χ2v) is 5.29. The van der Waals surface area contributed by atoms with Gasteiger partial charge in [0.1, 0.15) is 4.88 Å². The van der Waals surface area contributed by atoms with Crippen molar-refractivity contribution >= 4 is 17.3 Å². The van der Waals surface area contributed by atoms with Crippen LogP contribution in [0, 0.1) is 0 Å². The maximum atomic E-state index is 11.0. The predicted octanol–water partition coefficient (Wildman–Crippen LogP) is 2.75. The highest BCUT2D eigenvalue weighted by Gasteiger charge is 2.11. The Labute approximate surface area is 127 Å². The van der Waals surface area contributed by atoms with E-state index in [2.05, 4.69) is 5.32 Å². The molecule has 2 N–H and O–H groups in total. The van der Waals surface area contributed by atoms with Crippen molar-refractivity contribution in [2.75, 3.05) is 14.2 Å². The molecule has 0 saturated heterocycles. The van der Waals surface area contributed by atoms with Gasteiger partial charge in [0, 0.05) is 13.1 Å². The number of thiophene rings is 1. The van der Waals surface area contributed by atoms with E-state index in [1.165, 1.54) is 11.3 Å². The number of benzene rings is 1. The molecule has 0 spiro atoms. The summed E-state index contributed by atoms with van der Waals surface area (Å²) in [5, 5.41) is 14.1. The molecule has 1 aromatic heterocycles. The van der Waals surface area contributed by atoms with E-state index in [-0.39, 0.29) is 0 Å². The Balaban J connectivity index is 1.97. The highest BCUT2D eigenvalue weighted by molar-refractivity contribution is 7.12. The van der Waals surface area contributed by atoms with Crippen molar-refractivity contribution in [2.24, 2.45) is 0 Å². The summed E-state index contributed by atoms with van der Waals surface area (Å²) in [4.78, 5) is 11.4. The molecule has 1 heterocycles. The molecule has 0 aliphatic rings. The number of aromatic carboxylic acids is 1. The average Bonchev–Trinajstić information content (AvgIpc) is 2.95. The lowest BCUT2D eigenvalue weighted by Gasteiger charge is -2.10. The molecule has 2 aromatic rings. The van der Waals surface area contributed by atoms with Gasteiger partial charge < -0.3 is 19.9 Å². The van der Waals surface area contributed by atoms with E-state index in [4.69, 9.17) is 14.6 Å². The first kappa shape index (κ1) is 15.3. The number of methoxy groups -OCH3 is 2. The van der Waals surface area contributed by atoms with Crippen molar-refractivity contribution in [3.63, 3.8) is 0 Å². The molecular weight excluding hydrogens is 290 g/mol. The molecule has 0 amide bonds. The number of ether oxygens (including phenoxy) is 2. The summed E-state index contributed by atoms with van der Waals surface area (Å²) in [6.07, 6.45) is 0. The van der Waals surface area contributed by atoms with E-state index in [9.17, 15) is 4.79 Å². The topological polar surface area (TPSA) is 67.8 Å². The predicted molar refractivity (Wildman–Crippen MR) is 81.4 cm³/mol. The van der Waals surface area contributed by atoms with Crippen LogP contribution in [0.3, 0.4) is 0 Å². The Kier molecular flexibility index (Phi) is 5.19. The van der Waals surface area contributed by atoms with Crippen molar-refractivity contribution in [1.82, 2.24) is 5.32 Å². The highest BCUT2D eigenvalue weighted by Crippen LogP contribution is 2.27. The lowest BCUT2D eigenvalue weighted by atomic mass is 10.2. The summed E-state index contributed by atoms with van der Waals surface area (Å²) < 4.78 is 10.4. The number of carboxylic acids is 1. The fraction of sp³-hybridized carbons (Fsp3) is 0.267. The van der Waals surface area contributed by atoms with Crippen LogP contribution in [-0.2, 0) is 13.1 Å². The number of hydrogen-bond acceptors (Lipinski definition) is 5. The number of carbonyl (C=O) groups is 1. The zero-order chi connectivity index (χ0) is 15.2. The van der Waals surface area contributed by atoms with Gasteiger partial charge in [-0.05, 0) is 34.7 Å². The zero-order valence-corrected chi connectivity index (χ0v) is 12.7. The SMILES string of the molecule is COc1ccc(CNCc2ccsc2C(=O)O)cc1OC. The molecule has 6 heteroatoms. The first-order valence-corrected chi connectivity index (χ1v) is 7.25. The molecule has 0 aliphatic carbocycles. The molecule has 5 nitrogen and oxygen atoms in total. The van der Waals surface area contributed by atoms with Crippen LogP contribution in [0.25, 0.3) is 0 Å². The maximum absolute atomic E-state index is 11.0. The second-order valence-electron chi connectivity index (χ2n) is 4.37. The Morgan fingerprint density at radius 2 is 1.95 bits per heavy atom. The molecule has 0 radical (unpaired) electrons. The van der Waals surface area contributed by atoms with Gasteiger partial charge in [-0.15, -0.1) is 11.3 Å². The number of nitrogens with one attached hydrogen (secondary N) is 1. The summed E-state index contributed by atoms with van der Waals surface area (Å²) in [6.45, 7) is 1.13. The average molecular weight is 307 g/mol. The van der Waals surface area contributed by atoms with E-state index >= 15 is 0 Å². The Morgan fingerprint density at radius 3 is 2.62 bits per heavy atom. The molecule has 0 saturated carbocycles. The molecule has 0 bridgehead atoms. The maximum Gasteiger partial charge on any atom is 0.346 e. The second kappa shape index (κ2) is 7.10. The van der Waals surface area contributed by atoms with Gasteiger partial charge in [0.15, 0.2) is 11.5 Å². The molecule has 1 aromatic carbocycles. The van der Waals surface area contributed by atoms with Gasteiger partial charge in [-0.1, -0.05) is 6.07 Å². The van der Waals surface area contributed by atoms with Crippen molar-refractivity contribution in [2.45, 2.75) is 13.1 Å². The van der Waals surface area contributed by atoms with Crippen LogP contribution in [0.1, 0.15) is 20.8 Å². The van der Waals surface area contributed by atoms with Gasteiger partial charge in [-0.3, -0.25) is 0 Å². The third-order valence-corrected chi connectivity index (χ3v) is 3.98. The normalized spacial score (nSPS) is 10.4. The van der Waals surface area contributed by atoms with Crippen molar-refractivity contribution in [1.29, 1.82) is 0 Å². The molecule has 0 fully saturated rings. The standard InChI is InChI=1S/C15H17NO4S/c1-19-12-4-3-10(7-13(12)20-2)8-16-9-11-5-6-21-14(11)15(17)18/h3-7,16H,8-9H2,1-2H3,(H,17,18). The lowest BCUT2D eigenvalue weighted by Crippen LogP contribution is -2.14. The van der Waals surface area contributed by atoms with Crippen LogP contribution in [0.15, 0.2) is 29.6 Å². The summed E-state index contributed by atoms with van der Waals surface area (Å²) in [5.74, 6) is 0.485. The minimum atomic E-state index is -0.882. The Hall–Kier alpha value is -2.05. The zero-order valence-electron chi connectivity index (χ0n) is 11.9. The summed E-state index contributed by atoms with van der Waals surface area (Å²) in [6, 6.07) is 7.52. The van der Waals surface area contributed by atoms with E-state index in [0.29, 0.717) is 29.5 Å². The quantitative estimate of drug-likeness (QED) is 0.823. The van der Waals surface area contributed by atoms with Crippen LogP contribution in [-0.4, -0.2) is 25.3 Å². The van der Waals surface area contributed by atoms with Gasteiger partial charge >= 0.3 is 5.97 Å². The van der Waals surface area contributed by atoms with Crippen LogP contribution in [0.5, 0.6) is 11.5 Å². The highest BCUT2D eigenvalue weighted by atomic mass is 32.1. The Bertz CT molecular complexity index is 624. The summed E-state index contributed by atoms with van der Waals surface area (Å²) in [7, 11) is 3.19. The largest absolute Gasteiger partial charge is 0.493 e. The first-order valence-electron chi connectivity index (χ1n) is 6.37. The van der Waals surface area contributed by atoms with Crippen LogP contribution < -0.4 is 14.8 Å². The van der Waals surface area contributed by atoms with E-state index in [1.807, 2.05) is 24.3 Å². The minimum Gasteiger partial charge on any atom is -0.493 e. The van der Waals surface area contributed by atoms with Gasteiger partial charge in [0.25, 0.3) is 0 Å². The first-order chi connectivity index (χ1) is 10.2. The van der Waals surface area contributed by atoms with Crippen molar-refractivity contribution in [3.05, 3.63) is 45.6 Å². The fourth-order valence-corrected chi connectivity index (χ4v) is 2.76. The Morgan fingerprint density at radius 1 is 1.19 bits per heavy atom. The van der Waals surface area contributed by atoms with E-state index in [0.717, 1.165) is 11.1 Å². The van der Waals surface area contributed by atoms with E-state index in [1.54, 1.807) is 19.6 Å². The molecule has 2 rings (SSSR count). The number of rotatable bonds is 7. The van der Waals surface area contributed by atoms with Gasteiger partial charge in [-0.2, -0.15) is 0 Å². The molecule has 0 atom stereocenters.